The number of fused-ring (bicyclic) bond motifs is 5. The summed E-state index contributed by atoms with van der Waals surface area (Å²) in [6.45, 7) is 4.76. The third-order valence-electron chi connectivity index (χ3n) is 7.99. The van der Waals surface area contributed by atoms with Crippen molar-refractivity contribution in [3.8, 4) is 0 Å². The molecule has 0 saturated heterocycles. The van der Waals surface area contributed by atoms with E-state index in [1.165, 1.54) is 38.5 Å². The van der Waals surface area contributed by atoms with Gasteiger partial charge in [-0.1, -0.05) is 47.8 Å². The fraction of sp³-hybridized carbons (Fsp3) is 0.850. The quantitative estimate of drug-likeness (QED) is 0.482. The first kappa shape index (κ1) is 16.3. The summed E-state index contributed by atoms with van der Waals surface area (Å²) < 4.78 is 5.74. The molecule has 6 atom stereocenters. The Bertz CT molecular complexity index is 542. The molecule has 3 saturated carbocycles. The maximum absolute atomic E-state index is 12.9. The van der Waals surface area contributed by atoms with Crippen molar-refractivity contribution in [2.45, 2.75) is 71.3 Å². The fourth-order valence-corrected chi connectivity index (χ4v) is 7.00. The van der Waals surface area contributed by atoms with Crippen LogP contribution in [0.5, 0.6) is 0 Å². The number of ether oxygens (including phenoxy) is 1. The van der Waals surface area contributed by atoms with E-state index in [-0.39, 0.29) is 11.5 Å². The first-order chi connectivity index (χ1) is 11.0. The molecule has 23 heavy (non-hydrogen) atoms. The van der Waals surface area contributed by atoms with Gasteiger partial charge in [-0.25, -0.2) is 0 Å². The number of carbonyl (C=O) groups excluding carboxylic acids is 1. The third-order valence-corrected chi connectivity index (χ3v) is 8.26. The van der Waals surface area contributed by atoms with Crippen LogP contribution in [0.3, 0.4) is 0 Å². The maximum Gasteiger partial charge on any atom is 0.167 e. The van der Waals surface area contributed by atoms with Crippen LogP contribution in [0.4, 0.5) is 0 Å². The summed E-state index contributed by atoms with van der Waals surface area (Å²) in [7, 11) is 0. The zero-order valence-corrected chi connectivity index (χ0v) is 16.0. The summed E-state index contributed by atoms with van der Waals surface area (Å²) in [5, 5.41) is 0. The number of allylic oxidation sites excluding steroid dienone is 2. The predicted molar refractivity (Wildman–Crippen MR) is 95.4 cm³/mol. The van der Waals surface area contributed by atoms with E-state index in [9.17, 15) is 4.79 Å². The van der Waals surface area contributed by atoms with E-state index < -0.39 is 0 Å². The predicted octanol–water partition coefficient (Wildman–Crippen LogP) is 5.26. The number of ketones is 1. The molecular formula is C20H29BrO2. The summed E-state index contributed by atoms with van der Waals surface area (Å²) in [4.78, 5) is 12.9. The molecule has 4 rings (SSSR count). The summed E-state index contributed by atoms with van der Waals surface area (Å²) >= 11 is 3.34. The van der Waals surface area contributed by atoms with Crippen molar-refractivity contribution in [2.24, 2.45) is 28.6 Å². The summed E-state index contributed by atoms with van der Waals surface area (Å²) in [6, 6.07) is 0. The van der Waals surface area contributed by atoms with Gasteiger partial charge in [-0.2, -0.15) is 0 Å². The molecule has 0 radical (unpaired) electrons. The van der Waals surface area contributed by atoms with Crippen LogP contribution in [0.25, 0.3) is 0 Å². The highest BCUT2D eigenvalue weighted by molar-refractivity contribution is 9.09. The number of hydrogen-bond acceptors (Lipinski definition) is 2. The minimum absolute atomic E-state index is 0.135. The first-order valence-electron chi connectivity index (χ1n) is 9.42. The molecule has 4 aliphatic carbocycles. The van der Waals surface area contributed by atoms with E-state index in [1.807, 2.05) is 0 Å². The van der Waals surface area contributed by atoms with E-state index in [2.05, 4.69) is 35.9 Å². The Kier molecular flexibility index (Phi) is 4.04. The minimum atomic E-state index is -0.173. The smallest absolute Gasteiger partial charge is 0.167 e. The molecule has 0 aromatic rings. The number of halogens is 1. The first-order valence-corrected chi connectivity index (χ1v) is 10.5. The van der Waals surface area contributed by atoms with Gasteiger partial charge in [0, 0.05) is 5.41 Å². The van der Waals surface area contributed by atoms with Crippen LogP contribution in [-0.2, 0) is 9.53 Å². The van der Waals surface area contributed by atoms with Crippen LogP contribution in [0.2, 0.25) is 0 Å². The summed E-state index contributed by atoms with van der Waals surface area (Å²) in [6.07, 6.45) is 12.3. The fourth-order valence-electron chi connectivity index (χ4n) is 6.68. The average molecular weight is 381 g/mol. The third kappa shape index (κ3) is 2.25. The lowest BCUT2D eigenvalue weighted by Gasteiger charge is -2.56. The van der Waals surface area contributed by atoms with Crippen molar-refractivity contribution in [3.05, 3.63) is 11.6 Å². The van der Waals surface area contributed by atoms with E-state index in [1.54, 1.807) is 5.57 Å². The second kappa shape index (κ2) is 5.69. The summed E-state index contributed by atoms with van der Waals surface area (Å²) in [5.41, 5.74) is 2.50. The van der Waals surface area contributed by atoms with Crippen LogP contribution in [-0.4, -0.2) is 17.4 Å². The number of hydrogen-bond donors (Lipinski definition) is 0. The van der Waals surface area contributed by atoms with Gasteiger partial charge in [-0.05, 0) is 68.1 Å². The molecule has 0 bridgehead atoms. The number of carbonyl (C=O) groups is 1. The van der Waals surface area contributed by atoms with Crippen molar-refractivity contribution >= 4 is 21.7 Å². The lowest BCUT2D eigenvalue weighted by atomic mass is 9.48. The van der Waals surface area contributed by atoms with Crippen LogP contribution in [0, 0.1) is 28.6 Å². The Morgan fingerprint density at radius 3 is 2.83 bits per heavy atom. The maximum atomic E-state index is 12.9. The SMILES string of the molecule is C[C@]12CCCCC1=CC[C@@H]1[C@@H]2CC[C@]2(C)C(=O)[C@H](OCBr)C[C@@H]12. The van der Waals surface area contributed by atoms with Crippen molar-refractivity contribution in [2.75, 3.05) is 5.52 Å². The Morgan fingerprint density at radius 2 is 2.04 bits per heavy atom. The highest BCUT2D eigenvalue weighted by Crippen LogP contribution is 2.64. The van der Waals surface area contributed by atoms with E-state index in [0.29, 0.717) is 28.6 Å². The Morgan fingerprint density at radius 1 is 1.22 bits per heavy atom. The zero-order chi connectivity index (χ0) is 16.2. The molecule has 0 heterocycles. The van der Waals surface area contributed by atoms with E-state index in [0.717, 1.165) is 18.8 Å². The van der Waals surface area contributed by atoms with Gasteiger partial charge in [0.05, 0.1) is 0 Å². The minimum Gasteiger partial charge on any atom is -0.359 e. The van der Waals surface area contributed by atoms with Crippen molar-refractivity contribution in [3.63, 3.8) is 0 Å². The van der Waals surface area contributed by atoms with Crippen LogP contribution in [0.15, 0.2) is 11.6 Å². The molecular weight excluding hydrogens is 352 g/mol. The topological polar surface area (TPSA) is 26.3 Å². The van der Waals surface area contributed by atoms with Gasteiger partial charge in [-0.3, -0.25) is 4.79 Å². The van der Waals surface area contributed by atoms with Crippen LogP contribution < -0.4 is 0 Å². The second-order valence-electron chi connectivity index (χ2n) is 8.79. The molecule has 0 unspecified atom stereocenters. The molecule has 128 valence electrons. The van der Waals surface area contributed by atoms with Gasteiger partial charge in [0.15, 0.2) is 5.78 Å². The standard InChI is InChI=1S/C20H29BrO2/c1-19-9-4-3-5-13(19)6-7-14-15(19)8-10-20(2)16(14)11-17(18(20)22)23-12-21/h6,14-17H,3-5,7-12H2,1-2H3/t14-,15+,16+,17-,19+,20+/m1/s1. The number of Topliss-reactive ketones (excluding diaryl/α,β-unsaturated/α-hetero) is 1. The van der Waals surface area contributed by atoms with Gasteiger partial charge in [-0.15, -0.1) is 0 Å². The van der Waals surface area contributed by atoms with Gasteiger partial charge >= 0.3 is 0 Å². The number of alkyl halides is 1. The largest absolute Gasteiger partial charge is 0.359 e. The Balaban J connectivity index is 1.66. The molecule has 3 fully saturated rings. The lowest BCUT2D eigenvalue weighted by Crippen LogP contribution is -2.49. The molecule has 0 spiro atoms. The molecule has 4 aliphatic rings. The zero-order valence-electron chi connectivity index (χ0n) is 14.4. The number of rotatable bonds is 2. The van der Waals surface area contributed by atoms with Crippen LogP contribution in [0.1, 0.15) is 65.2 Å². The average Bonchev–Trinajstić information content (AvgIpc) is 2.79. The normalized spacial score (nSPS) is 49.2. The molecule has 0 aromatic heterocycles. The highest BCUT2D eigenvalue weighted by Gasteiger charge is 2.61. The highest BCUT2D eigenvalue weighted by atomic mass is 79.9. The van der Waals surface area contributed by atoms with Gasteiger partial charge in [0.25, 0.3) is 0 Å². The monoisotopic (exact) mass is 380 g/mol. The van der Waals surface area contributed by atoms with Crippen LogP contribution >= 0.6 is 15.9 Å². The molecule has 3 heteroatoms. The van der Waals surface area contributed by atoms with Gasteiger partial charge in [0.2, 0.25) is 0 Å². The Labute approximate surface area is 148 Å². The molecule has 2 nitrogen and oxygen atoms in total. The van der Waals surface area contributed by atoms with Crippen molar-refractivity contribution in [1.82, 2.24) is 0 Å². The Hall–Kier alpha value is -0.150. The molecule has 0 amide bonds. The van der Waals surface area contributed by atoms with Crippen molar-refractivity contribution < 1.29 is 9.53 Å². The van der Waals surface area contributed by atoms with E-state index >= 15 is 0 Å². The van der Waals surface area contributed by atoms with Gasteiger partial charge < -0.3 is 4.74 Å². The molecule has 0 aliphatic heterocycles. The molecule has 0 N–H and O–H groups in total. The summed E-state index contributed by atoms with van der Waals surface area (Å²) in [5.74, 6) is 2.38. The van der Waals surface area contributed by atoms with E-state index in [4.69, 9.17) is 4.74 Å². The van der Waals surface area contributed by atoms with Gasteiger partial charge in [0.1, 0.15) is 11.6 Å². The van der Waals surface area contributed by atoms with Crippen molar-refractivity contribution in [1.29, 1.82) is 0 Å². The lowest BCUT2D eigenvalue weighted by molar-refractivity contribution is -0.137. The second-order valence-corrected chi connectivity index (χ2v) is 9.24. The molecule has 0 aromatic carbocycles.